The van der Waals surface area contributed by atoms with E-state index in [9.17, 15) is 4.79 Å². The summed E-state index contributed by atoms with van der Waals surface area (Å²) < 4.78 is 5.26. The number of rotatable bonds is 4. The van der Waals surface area contributed by atoms with Gasteiger partial charge in [-0.25, -0.2) is 0 Å². The SMILES string of the molecule is CNC(C)CNC(=O)C1CCCOC1.Cl. The van der Waals surface area contributed by atoms with Crippen LogP contribution in [0.1, 0.15) is 19.8 Å². The zero-order valence-electron chi connectivity index (χ0n) is 9.41. The quantitative estimate of drug-likeness (QED) is 0.750. The van der Waals surface area contributed by atoms with Gasteiger partial charge in [-0.2, -0.15) is 0 Å². The first-order valence-corrected chi connectivity index (χ1v) is 5.26. The summed E-state index contributed by atoms with van der Waals surface area (Å²) >= 11 is 0. The van der Waals surface area contributed by atoms with Crippen molar-refractivity contribution < 1.29 is 9.53 Å². The lowest BCUT2D eigenvalue weighted by molar-refractivity contribution is -0.129. The molecular formula is C10H21ClN2O2. The molecule has 0 aromatic rings. The number of hydrogen-bond donors (Lipinski definition) is 2. The molecule has 1 aliphatic heterocycles. The number of likely N-dealkylation sites (N-methyl/N-ethyl adjacent to an activating group) is 1. The maximum atomic E-state index is 11.6. The number of hydrogen-bond acceptors (Lipinski definition) is 3. The highest BCUT2D eigenvalue weighted by Crippen LogP contribution is 2.13. The Kier molecular flexibility index (Phi) is 7.74. The standard InChI is InChI=1S/C10H20N2O2.ClH/c1-8(11-2)6-12-10(13)9-4-3-5-14-7-9;/h8-9,11H,3-7H2,1-2H3,(H,12,13);1H. The molecule has 1 heterocycles. The van der Waals surface area contributed by atoms with Gasteiger partial charge in [0, 0.05) is 19.2 Å². The Morgan fingerprint density at radius 1 is 1.60 bits per heavy atom. The van der Waals surface area contributed by atoms with Crippen LogP contribution in [0.5, 0.6) is 0 Å². The molecule has 0 aromatic heterocycles. The number of amides is 1. The fraction of sp³-hybridized carbons (Fsp3) is 0.900. The van der Waals surface area contributed by atoms with Gasteiger partial charge in [0.1, 0.15) is 0 Å². The highest BCUT2D eigenvalue weighted by molar-refractivity contribution is 5.85. The first-order chi connectivity index (χ1) is 6.74. The largest absolute Gasteiger partial charge is 0.381 e. The predicted octanol–water partition coefficient (Wildman–Crippen LogP) is 0.559. The lowest BCUT2D eigenvalue weighted by Gasteiger charge is -2.22. The minimum atomic E-state index is 0. The predicted molar refractivity (Wildman–Crippen MR) is 62.3 cm³/mol. The average Bonchev–Trinajstić information content (AvgIpc) is 2.26. The third-order valence-corrected chi connectivity index (χ3v) is 2.61. The van der Waals surface area contributed by atoms with Crippen LogP contribution in [0, 0.1) is 5.92 Å². The molecule has 1 rings (SSSR count). The van der Waals surface area contributed by atoms with Gasteiger partial charge in [-0.15, -0.1) is 12.4 Å². The van der Waals surface area contributed by atoms with Crippen molar-refractivity contribution in [2.75, 3.05) is 26.8 Å². The lowest BCUT2D eigenvalue weighted by atomic mass is 10.0. The van der Waals surface area contributed by atoms with Gasteiger partial charge in [-0.1, -0.05) is 0 Å². The maximum absolute atomic E-state index is 11.6. The van der Waals surface area contributed by atoms with E-state index in [2.05, 4.69) is 10.6 Å². The molecule has 90 valence electrons. The van der Waals surface area contributed by atoms with Crippen LogP contribution in [0.4, 0.5) is 0 Å². The topological polar surface area (TPSA) is 50.4 Å². The Morgan fingerprint density at radius 3 is 2.87 bits per heavy atom. The Bertz CT molecular complexity index is 184. The molecule has 0 radical (unpaired) electrons. The monoisotopic (exact) mass is 236 g/mol. The minimum absolute atomic E-state index is 0. The summed E-state index contributed by atoms with van der Waals surface area (Å²) in [5, 5.41) is 6.00. The van der Waals surface area contributed by atoms with Crippen LogP contribution in [0.3, 0.4) is 0 Å². The van der Waals surface area contributed by atoms with Gasteiger partial charge < -0.3 is 15.4 Å². The van der Waals surface area contributed by atoms with E-state index in [0.717, 1.165) is 19.4 Å². The van der Waals surface area contributed by atoms with Crippen LogP contribution in [0.15, 0.2) is 0 Å². The summed E-state index contributed by atoms with van der Waals surface area (Å²) in [4.78, 5) is 11.6. The van der Waals surface area contributed by atoms with E-state index in [4.69, 9.17) is 4.74 Å². The third kappa shape index (κ3) is 5.35. The third-order valence-electron chi connectivity index (χ3n) is 2.61. The Labute approximate surface area is 97.5 Å². The highest BCUT2D eigenvalue weighted by atomic mass is 35.5. The van der Waals surface area contributed by atoms with Crippen molar-refractivity contribution in [3.05, 3.63) is 0 Å². The van der Waals surface area contributed by atoms with E-state index in [0.29, 0.717) is 19.2 Å². The second-order valence-corrected chi connectivity index (χ2v) is 3.85. The van der Waals surface area contributed by atoms with E-state index >= 15 is 0 Å². The van der Waals surface area contributed by atoms with Crippen molar-refractivity contribution in [2.24, 2.45) is 5.92 Å². The number of halogens is 1. The molecule has 0 spiro atoms. The number of carbonyl (C=O) groups is 1. The van der Waals surface area contributed by atoms with Gasteiger partial charge in [-0.3, -0.25) is 4.79 Å². The average molecular weight is 237 g/mol. The van der Waals surface area contributed by atoms with E-state index in [-0.39, 0.29) is 24.2 Å². The van der Waals surface area contributed by atoms with Crippen LogP contribution in [-0.4, -0.2) is 38.8 Å². The first-order valence-electron chi connectivity index (χ1n) is 5.26. The Hall–Kier alpha value is -0.320. The summed E-state index contributed by atoms with van der Waals surface area (Å²) in [7, 11) is 1.89. The molecule has 5 heteroatoms. The van der Waals surface area contributed by atoms with E-state index in [1.54, 1.807) is 0 Å². The number of carbonyl (C=O) groups excluding carboxylic acids is 1. The molecule has 15 heavy (non-hydrogen) atoms. The molecule has 1 fully saturated rings. The summed E-state index contributed by atoms with van der Waals surface area (Å²) in [5.74, 6) is 0.194. The fourth-order valence-electron chi connectivity index (χ4n) is 1.45. The van der Waals surface area contributed by atoms with Crippen LogP contribution in [0.2, 0.25) is 0 Å². The molecule has 4 nitrogen and oxygen atoms in total. The molecule has 1 amide bonds. The van der Waals surface area contributed by atoms with Crippen molar-refractivity contribution in [3.63, 3.8) is 0 Å². The minimum Gasteiger partial charge on any atom is -0.381 e. The number of ether oxygens (including phenoxy) is 1. The van der Waals surface area contributed by atoms with Crippen LogP contribution in [-0.2, 0) is 9.53 Å². The molecule has 0 aromatic carbocycles. The maximum Gasteiger partial charge on any atom is 0.225 e. The highest BCUT2D eigenvalue weighted by Gasteiger charge is 2.21. The molecule has 0 saturated carbocycles. The molecule has 1 aliphatic rings. The molecule has 2 unspecified atom stereocenters. The zero-order chi connectivity index (χ0) is 10.4. The summed E-state index contributed by atoms with van der Waals surface area (Å²) in [6, 6.07) is 0.323. The molecule has 2 N–H and O–H groups in total. The smallest absolute Gasteiger partial charge is 0.225 e. The van der Waals surface area contributed by atoms with E-state index in [1.165, 1.54) is 0 Å². The van der Waals surface area contributed by atoms with Crippen molar-refractivity contribution in [3.8, 4) is 0 Å². The van der Waals surface area contributed by atoms with E-state index in [1.807, 2.05) is 14.0 Å². The van der Waals surface area contributed by atoms with Crippen LogP contribution < -0.4 is 10.6 Å². The van der Waals surface area contributed by atoms with Gasteiger partial charge in [-0.05, 0) is 26.8 Å². The molecule has 1 saturated heterocycles. The van der Waals surface area contributed by atoms with Gasteiger partial charge in [0.25, 0.3) is 0 Å². The summed E-state index contributed by atoms with van der Waals surface area (Å²) in [6.07, 6.45) is 1.96. The first kappa shape index (κ1) is 14.7. The van der Waals surface area contributed by atoms with Crippen molar-refractivity contribution in [1.82, 2.24) is 10.6 Å². The van der Waals surface area contributed by atoms with Gasteiger partial charge in [0.2, 0.25) is 5.91 Å². The zero-order valence-corrected chi connectivity index (χ0v) is 10.2. The Morgan fingerprint density at radius 2 is 2.33 bits per heavy atom. The summed E-state index contributed by atoms with van der Waals surface area (Å²) in [5.41, 5.74) is 0. The molecule has 0 bridgehead atoms. The molecule has 0 aliphatic carbocycles. The second kappa shape index (κ2) is 7.91. The molecule has 2 atom stereocenters. The van der Waals surface area contributed by atoms with Crippen molar-refractivity contribution in [1.29, 1.82) is 0 Å². The Balaban J connectivity index is 0.00000196. The normalized spacial score (nSPS) is 22.7. The number of nitrogens with one attached hydrogen (secondary N) is 2. The van der Waals surface area contributed by atoms with Gasteiger partial charge >= 0.3 is 0 Å². The van der Waals surface area contributed by atoms with Crippen LogP contribution in [0.25, 0.3) is 0 Å². The lowest BCUT2D eigenvalue weighted by Crippen LogP contribution is -2.41. The second-order valence-electron chi connectivity index (χ2n) is 3.85. The van der Waals surface area contributed by atoms with Crippen molar-refractivity contribution >= 4 is 18.3 Å². The summed E-state index contributed by atoms with van der Waals surface area (Å²) in [6.45, 7) is 4.11. The van der Waals surface area contributed by atoms with Crippen molar-refractivity contribution in [2.45, 2.75) is 25.8 Å². The van der Waals surface area contributed by atoms with Crippen LogP contribution >= 0.6 is 12.4 Å². The van der Waals surface area contributed by atoms with E-state index < -0.39 is 0 Å². The van der Waals surface area contributed by atoms with Gasteiger partial charge in [0.15, 0.2) is 0 Å². The molecular weight excluding hydrogens is 216 g/mol. The fourth-order valence-corrected chi connectivity index (χ4v) is 1.45. The van der Waals surface area contributed by atoms with Gasteiger partial charge in [0.05, 0.1) is 12.5 Å².